The molecule has 2 aliphatic heterocycles. The third-order valence-corrected chi connectivity index (χ3v) is 5.69. The van der Waals surface area contributed by atoms with Crippen molar-refractivity contribution in [2.24, 2.45) is 0 Å². The van der Waals surface area contributed by atoms with Crippen molar-refractivity contribution in [2.75, 3.05) is 18.5 Å². The van der Waals surface area contributed by atoms with E-state index in [2.05, 4.69) is 15.6 Å². The summed E-state index contributed by atoms with van der Waals surface area (Å²) < 4.78 is 7.81. The highest BCUT2D eigenvalue weighted by molar-refractivity contribution is 6.25. The van der Waals surface area contributed by atoms with Gasteiger partial charge in [0.25, 0.3) is 5.91 Å². The number of aliphatic hydroxyl groups excluding tert-OH is 1. The van der Waals surface area contributed by atoms with Gasteiger partial charge in [-0.05, 0) is 55.8 Å². The Morgan fingerprint density at radius 2 is 2.07 bits per heavy atom. The Kier molecular flexibility index (Phi) is 4.88. The van der Waals surface area contributed by atoms with Gasteiger partial charge in [0.2, 0.25) is 0 Å². The van der Waals surface area contributed by atoms with E-state index in [0.29, 0.717) is 37.1 Å². The van der Waals surface area contributed by atoms with Gasteiger partial charge in [0.1, 0.15) is 29.5 Å². The molecule has 30 heavy (non-hydrogen) atoms. The summed E-state index contributed by atoms with van der Waals surface area (Å²) in [7, 11) is 0. The van der Waals surface area contributed by atoms with Gasteiger partial charge in [-0.1, -0.05) is 12.1 Å². The number of nitrogens with one attached hydrogen (secondary N) is 2. The number of allylic oxidation sites excluding steroid dienone is 1. The van der Waals surface area contributed by atoms with Gasteiger partial charge < -0.3 is 25.0 Å². The van der Waals surface area contributed by atoms with Crippen molar-refractivity contribution in [1.29, 1.82) is 0 Å². The molecule has 0 unspecified atom stereocenters. The molecule has 1 aromatic heterocycles. The molecule has 2 aromatic carbocycles. The lowest BCUT2D eigenvalue weighted by Gasteiger charge is -2.18. The summed E-state index contributed by atoms with van der Waals surface area (Å²) in [5.41, 5.74) is 2.64. The molecule has 3 N–H and O–H groups in total. The van der Waals surface area contributed by atoms with Crippen molar-refractivity contribution in [3.8, 4) is 5.75 Å². The first-order valence-corrected chi connectivity index (χ1v) is 10.3. The molecule has 0 saturated carbocycles. The zero-order chi connectivity index (χ0) is 20.5. The zero-order valence-corrected chi connectivity index (χ0v) is 16.6. The quantitative estimate of drug-likeness (QED) is 0.606. The monoisotopic (exact) mass is 404 g/mol. The second-order valence-electron chi connectivity index (χ2n) is 7.73. The number of amides is 1. The molecular formula is C23H24N4O3. The van der Waals surface area contributed by atoms with E-state index in [0.717, 1.165) is 29.7 Å². The molecule has 5 rings (SSSR count). The number of hydrogen-bond acceptors (Lipinski definition) is 5. The average molecular weight is 404 g/mol. The van der Waals surface area contributed by atoms with Gasteiger partial charge >= 0.3 is 0 Å². The molecule has 0 aliphatic carbocycles. The molecule has 7 heteroatoms. The fourth-order valence-electron chi connectivity index (χ4n) is 4.12. The van der Waals surface area contributed by atoms with Crippen molar-refractivity contribution >= 4 is 28.2 Å². The predicted molar refractivity (Wildman–Crippen MR) is 115 cm³/mol. The SMILES string of the molecule is O=C(Nc1ccc(OC[C@@H]2CCCN2)cc1)C1=C(O)CCn2c1nc1ccccc12. The van der Waals surface area contributed by atoms with Crippen LogP contribution in [0.4, 0.5) is 5.69 Å². The highest BCUT2D eigenvalue weighted by Crippen LogP contribution is 2.30. The number of carbonyl (C=O) groups is 1. The Balaban J connectivity index is 1.31. The first-order chi connectivity index (χ1) is 14.7. The first kappa shape index (κ1) is 18.7. The number of imidazole rings is 1. The minimum absolute atomic E-state index is 0.0688. The Hall–Kier alpha value is -3.32. The number of benzene rings is 2. The second kappa shape index (κ2) is 7.84. The molecule has 7 nitrogen and oxygen atoms in total. The van der Waals surface area contributed by atoms with E-state index in [4.69, 9.17) is 4.74 Å². The van der Waals surface area contributed by atoms with E-state index in [1.165, 1.54) is 6.42 Å². The molecule has 154 valence electrons. The smallest absolute Gasteiger partial charge is 0.262 e. The van der Waals surface area contributed by atoms with E-state index >= 15 is 0 Å². The van der Waals surface area contributed by atoms with Gasteiger partial charge in [-0.15, -0.1) is 0 Å². The Morgan fingerprint density at radius 1 is 1.23 bits per heavy atom. The topological polar surface area (TPSA) is 88.4 Å². The Labute approximate surface area is 174 Å². The minimum atomic E-state index is -0.368. The van der Waals surface area contributed by atoms with Crippen LogP contribution in [0.25, 0.3) is 16.6 Å². The van der Waals surface area contributed by atoms with Crippen LogP contribution in [0.1, 0.15) is 25.1 Å². The van der Waals surface area contributed by atoms with E-state index in [9.17, 15) is 9.90 Å². The number of aliphatic hydroxyl groups is 1. The summed E-state index contributed by atoms with van der Waals surface area (Å²) in [6.45, 7) is 2.29. The normalized spacial score (nSPS) is 18.5. The van der Waals surface area contributed by atoms with Crippen LogP contribution in [0.2, 0.25) is 0 Å². The summed E-state index contributed by atoms with van der Waals surface area (Å²) in [4.78, 5) is 17.6. The van der Waals surface area contributed by atoms with Gasteiger partial charge in [-0.2, -0.15) is 0 Å². The lowest BCUT2D eigenvalue weighted by molar-refractivity contribution is -0.111. The molecule has 2 aliphatic rings. The largest absolute Gasteiger partial charge is 0.511 e. The molecule has 0 radical (unpaired) electrons. The zero-order valence-electron chi connectivity index (χ0n) is 16.6. The second-order valence-corrected chi connectivity index (χ2v) is 7.73. The van der Waals surface area contributed by atoms with Gasteiger partial charge in [0.05, 0.1) is 11.0 Å². The summed E-state index contributed by atoms with van der Waals surface area (Å²) in [5, 5.41) is 16.7. The number of nitrogens with zero attached hydrogens (tertiary/aromatic N) is 2. The predicted octanol–water partition coefficient (Wildman–Crippen LogP) is 3.48. The number of rotatable bonds is 5. The van der Waals surface area contributed by atoms with Crippen LogP contribution < -0.4 is 15.4 Å². The first-order valence-electron chi connectivity index (χ1n) is 10.3. The molecule has 1 atom stereocenters. The molecule has 3 aromatic rings. The van der Waals surface area contributed by atoms with Crippen LogP contribution in [0.15, 0.2) is 54.3 Å². The number of hydrogen-bond donors (Lipinski definition) is 3. The number of aryl methyl sites for hydroxylation is 1. The van der Waals surface area contributed by atoms with Crippen molar-refractivity contribution in [1.82, 2.24) is 14.9 Å². The highest BCUT2D eigenvalue weighted by atomic mass is 16.5. The number of para-hydroxylation sites is 2. The van der Waals surface area contributed by atoms with Gasteiger partial charge in [0.15, 0.2) is 0 Å². The standard InChI is InChI=1S/C23H24N4O3/c28-20-11-13-27-19-6-2-1-5-18(19)26-22(27)21(20)23(29)25-15-7-9-17(10-8-15)30-14-16-4-3-12-24-16/h1-2,5-10,16,24,28H,3-4,11-14H2,(H,25,29)/t16-/m0/s1. The third-order valence-electron chi connectivity index (χ3n) is 5.69. The number of anilines is 1. The maximum absolute atomic E-state index is 13.0. The van der Waals surface area contributed by atoms with Crippen molar-refractivity contribution in [3.05, 3.63) is 60.1 Å². The summed E-state index contributed by atoms with van der Waals surface area (Å²) in [6, 6.07) is 15.4. The van der Waals surface area contributed by atoms with Crippen molar-refractivity contribution in [2.45, 2.75) is 31.8 Å². The lowest BCUT2D eigenvalue weighted by atomic mass is 10.1. The summed E-state index contributed by atoms with van der Waals surface area (Å²) >= 11 is 0. The highest BCUT2D eigenvalue weighted by Gasteiger charge is 2.28. The van der Waals surface area contributed by atoms with Crippen molar-refractivity contribution in [3.63, 3.8) is 0 Å². The fourth-order valence-corrected chi connectivity index (χ4v) is 4.12. The van der Waals surface area contributed by atoms with Crippen LogP contribution in [0.3, 0.4) is 0 Å². The Bertz CT molecular complexity index is 1110. The fraction of sp³-hybridized carbons (Fsp3) is 0.304. The van der Waals surface area contributed by atoms with E-state index in [1.807, 2.05) is 41.0 Å². The van der Waals surface area contributed by atoms with Crippen LogP contribution in [0.5, 0.6) is 5.75 Å². The third kappa shape index (κ3) is 3.52. The molecular weight excluding hydrogens is 380 g/mol. The van der Waals surface area contributed by atoms with Crippen molar-refractivity contribution < 1.29 is 14.6 Å². The number of ether oxygens (including phenoxy) is 1. The van der Waals surface area contributed by atoms with Crippen LogP contribution in [0, 0.1) is 0 Å². The minimum Gasteiger partial charge on any atom is -0.511 e. The molecule has 1 fully saturated rings. The number of aromatic nitrogens is 2. The molecule has 1 saturated heterocycles. The van der Waals surface area contributed by atoms with Crippen LogP contribution in [-0.2, 0) is 11.3 Å². The summed E-state index contributed by atoms with van der Waals surface area (Å²) in [5.74, 6) is 0.969. The average Bonchev–Trinajstić information content (AvgIpc) is 3.40. The van der Waals surface area contributed by atoms with E-state index < -0.39 is 0 Å². The summed E-state index contributed by atoms with van der Waals surface area (Å²) in [6.07, 6.45) is 2.73. The van der Waals surface area contributed by atoms with Crippen LogP contribution >= 0.6 is 0 Å². The van der Waals surface area contributed by atoms with Gasteiger partial charge in [0, 0.05) is 24.7 Å². The Morgan fingerprint density at radius 3 is 2.87 bits per heavy atom. The maximum atomic E-state index is 13.0. The number of carbonyl (C=O) groups excluding carboxylic acids is 1. The maximum Gasteiger partial charge on any atom is 0.262 e. The van der Waals surface area contributed by atoms with E-state index in [1.54, 1.807) is 12.1 Å². The molecule has 1 amide bonds. The van der Waals surface area contributed by atoms with Gasteiger partial charge in [-0.25, -0.2) is 4.98 Å². The molecule has 0 bridgehead atoms. The van der Waals surface area contributed by atoms with Crippen LogP contribution in [-0.4, -0.2) is 39.8 Å². The number of fused-ring (bicyclic) bond motifs is 3. The molecule has 0 spiro atoms. The van der Waals surface area contributed by atoms with Gasteiger partial charge in [-0.3, -0.25) is 4.79 Å². The molecule has 3 heterocycles. The lowest BCUT2D eigenvalue weighted by Crippen LogP contribution is -2.28. The van der Waals surface area contributed by atoms with E-state index in [-0.39, 0.29) is 17.2 Å².